The van der Waals surface area contributed by atoms with Gasteiger partial charge in [-0.05, 0) is 18.6 Å². The van der Waals surface area contributed by atoms with E-state index in [0.29, 0.717) is 0 Å². The number of pyridine rings is 1. The first-order chi connectivity index (χ1) is 9.54. The second-order valence-corrected chi connectivity index (χ2v) is 4.23. The lowest BCUT2D eigenvalue weighted by molar-refractivity contribution is -0.137. The van der Waals surface area contributed by atoms with Gasteiger partial charge in [0.2, 0.25) is 0 Å². The predicted molar refractivity (Wildman–Crippen MR) is 72.3 cm³/mol. The van der Waals surface area contributed by atoms with Crippen molar-refractivity contribution < 1.29 is 19.4 Å². The largest absolute Gasteiger partial charge is 0.480 e. The van der Waals surface area contributed by atoms with E-state index in [2.05, 4.69) is 10.3 Å². The summed E-state index contributed by atoms with van der Waals surface area (Å²) in [5.41, 5.74) is 1.72. The Morgan fingerprint density at radius 2 is 2.25 bits per heavy atom. The maximum Gasteiger partial charge on any atom is 0.323 e. The lowest BCUT2D eigenvalue weighted by Crippen LogP contribution is -2.44. The van der Waals surface area contributed by atoms with Crippen LogP contribution in [-0.4, -0.2) is 53.8 Å². The van der Waals surface area contributed by atoms with Crippen molar-refractivity contribution in [3.63, 3.8) is 0 Å². The summed E-state index contributed by atoms with van der Waals surface area (Å²) in [4.78, 5) is 28.0. The molecule has 0 aromatic carbocycles. The number of urea groups is 1. The average Bonchev–Trinajstić information content (AvgIpc) is 2.41. The Balaban J connectivity index is 2.57. The normalized spacial score (nSPS) is 10.1. The number of carboxylic acid groups (broad SMARTS) is 1. The van der Waals surface area contributed by atoms with Crippen LogP contribution in [0.5, 0.6) is 0 Å². The second kappa shape index (κ2) is 8.11. The first-order valence-corrected chi connectivity index (χ1v) is 6.18. The summed E-state index contributed by atoms with van der Waals surface area (Å²) in [6.07, 6.45) is 1.65. The quantitative estimate of drug-likeness (QED) is 0.765. The van der Waals surface area contributed by atoms with Crippen molar-refractivity contribution >= 4 is 12.0 Å². The van der Waals surface area contributed by atoms with Crippen LogP contribution in [-0.2, 0) is 16.1 Å². The number of carbonyl (C=O) groups excluding carboxylic acids is 1. The van der Waals surface area contributed by atoms with Crippen LogP contribution in [0.15, 0.2) is 18.3 Å². The zero-order valence-electron chi connectivity index (χ0n) is 11.6. The van der Waals surface area contributed by atoms with Crippen molar-refractivity contribution in [3.8, 4) is 0 Å². The topological polar surface area (TPSA) is 91.8 Å². The standard InChI is InChI=1S/C13H19N3O4/c1-10-4-3-5-14-11(10)8-15-13(19)16(6-7-20-2)9-12(17)18/h3-5H,6-9H2,1-2H3,(H,15,19)(H,17,18). The number of aromatic nitrogens is 1. The van der Waals surface area contributed by atoms with Crippen molar-refractivity contribution in [2.75, 3.05) is 26.8 Å². The third-order valence-corrected chi connectivity index (χ3v) is 2.70. The Labute approximate surface area is 117 Å². The Morgan fingerprint density at radius 3 is 2.85 bits per heavy atom. The minimum absolute atomic E-state index is 0.218. The van der Waals surface area contributed by atoms with Crippen LogP contribution in [0.4, 0.5) is 4.79 Å². The molecule has 0 fully saturated rings. The Kier molecular flexibility index (Phi) is 6.45. The van der Waals surface area contributed by atoms with Gasteiger partial charge in [0.05, 0.1) is 18.8 Å². The van der Waals surface area contributed by atoms with Crippen LogP contribution in [0.2, 0.25) is 0 Å². The first kappa shape index (κ1) is 15.9. The summed E-state index contributed by atoms with van der Waals surface area (Å²) in [6, 6.07) is 3.26. The molecule has 0 radical (unpaired) electrons. The van der Waals surface area contributed by atoms with Crippen LogP contribution in [0.25, 0.3) is 0 Å². The van der Waals surface area contributed by atoms with Gasteiger partial charge in [0.25, 0.3) is 0 Å². The fraction of sp³-hybridized carbons (Fsp3) is 0.462. The van der Waals surface area contributed by atoms with Crippen LogP contribution >= 0.6 is 0 Å². The molecule has 1 heterocycles. The predicted octanol–water partition coefficient (Wildman–Crippen LogP) is 0.633. The van der Waals surface area contributed by atoms with E-state index in [1.165, 1.54) is 12.0 Å². The van der Waals surface area contributed by atoms with Gasteiger partial charge in [-0.15, -0.1) is 0 Å². The Hall–Kier alpha value is -2.15. The number of hydrogen-bond donors (Lipinski definition) is 2. The highest BCUT2D eigenvalue weighted by Gasteiger charge is 2.16. The lowest BCUT2D eigenvalue weighted by Gasteiger charge is -2.20. The molecule has 2 N–H and O–H groups in total. The maximum absolute atomic E-state index is 11.9. The fourth-order valence-corrected chi connectivity index (χ4v) is 1.59. The van der Waals surface area contributed by atoms with E-state index in [1.807, 2.05) is 19.1 Å². The molecule has 110 valence electrons. The van der Waals surface area contributed by atoms with Gasteiger partial charge in [0.1, 0.15) is 6.54 Å². The van der Waals surface area contributed by atoms with E-state index in [4.69, 9.17) is 9.84 Å². The van der Waals surface area contributed by atoms with E-state index in [-0.39, 0.29) is 26.2 Å². The molecule has 0 aliphatic rings. The van der Waals surface area contributed by atoms with Gasteiger partial charge < -0.3 is 20.1 Å². The number of nitrogens with zero attached hydrogens (tertiary/aromatic N) is 2. The van der Waals surface area contributed by atoms with Gasteiger partial charge in [0, 0.05) is 19.9 Å². The highest BCUT2D eigenvalue weighted by molar-refractivity contribution is 5.80. The summed E-state index contributed by atoms with van der Waals surface area (Å²) in [5, 5.41) is 11.4. The van der Waals surface area contributed by atoms with Crippen molar-refractivity contribution in [2.45, 2.75) is 13.5 Å². The molecule has 1 aromatic heterocycles. The van der Waals surface area contributed by atoms with Crippen LogP contribution in [0, 0.1) is 6.92 Å². The SMILES string of the molecule is COCCN(CC(=O)O)C(=O)NCc1ncccc1C. The van der Waals surface area contributed by atoms with Crippen LogP contribution in [0.1, 0.15) is 11.3 Å². The molecule has 0 saturated carbocycles. The molecule has 1 aromatic rings. The fourth-order valence-electron chi connectivity index (χ4n) is 1.59. The first-order valence-electron chi connectivity index (χ1n) is 6.18. The molecule has 0 aliphatic carbocycles. The van der Waals surface area contributed by atoms with E-state index in [9.17, 15) is 9.59 Å². The van der Waals surface area contributed by atoms with Crippen molar-refractivity contribution in [1.82, 2.24) is 15.2 Å². The molecular weight excluding hydrogens is 262 g/mol. The van der Waals surface area contributed by atoms with Crippen molar-refractivity contribution in [3.05, 3.63) is 29.6 Å². The number of rotatable bonds is 7. The van der Waals surface area contributed by atoms with Crippen LogP contribution < -0.4 is 5.32 Å². The van der Waals surface area contributed by atoms with E-state index < -0.39 is 12.0 Å². The number of aryl methyl sites for hydroxylation is 1. The minimum atomic E-state index is -1.06. The molecule has 2 amide bonds. The smallest absolute Gasteiger partial charge is 0.323 e. The van der Waals surface area contributed by atoms with Crippen molar-refractivity contribution in [1.29, 1.82) is 0 Å². The van der Waals surface area contributed by atoms with E-state index >= 15 is 0 Å². The monoisotopic (exact) mass is 281 g/mol. The molecule has 7 nitrogen and oxygen atoms in total. The summed E-state index contributed by atoms with van der Waals surface area (Å²) in [7, 11) is 1.49. The third-order valence-electron chi connectivity index (χ3n) is 2.70. The Morgan fingerprint density at radius 1 is 1.50 bits per heavy atom. The van der Waals surface area contributed by atoms with Crippen molar-refractivity contribution in [2.24, 2.45) is 0 Å². The molecular formula is C13H19N3O4. The third kappa shape index (κ3) is 5.23. The van der Waals surface area contributed by atoms with Gasteiger partial charge in [-0.25, -0.2) is 4.79 Å². The number of ether oxygens (including phenoxy) is 1. The van der Waals surface area contributed by atoms with Gasteiger partial charge in [-0.1, -0.05) is 6.07 Å². The van der Waals surface area contributed by atoms with Gasteiger partial charge in [-0.3, -0.25) is 9.78 Å². The van der Waals surface area contributed by atoms with Crippen LogP contribution in [0.3, 0.4) is 0 Å². The molecule has 0 spiro atoms. The van der Waals surface area contributed by atoms with E-state index in [0.717, 1.165) is 11.3 Å². The number of methoxy groups -OCH3 is 1. The summed E-state index contributed by atoms with van der Waals surface area (Å²) >= 11 is 0. The molecule has 20 heavy (non-hydrogen) atoms. The van der Waals surface area contributed by atoms with E-state index in [1.54, 1.807) is 6.20 Å². The van der Waals surface area contributed by atoms with Gasteiger partial charge in [0.15, 0.2) is 0 Å². The lowest BCUT2D eigenvalue weighted by atomic mass is 10.2. The zero-order chi connectivity index (χ0) is 15.0. The number of amides is 2. The van der Waals surface area contributed by atoms with Gasteiger partial charge in [-0.2, -0.15) is 0 Å². The highest BCUT2D eigenvalue weighted by atomic mass is 16.5. The number of carbonyl (C=O) groups is 2. The minimum Gasteiger partial charge on any atom is -0.480 e. The Bertz CT molecular complexity index is 465. The zero-order valence-corrected chi connectivity index (χ0v) is 11.6. The average molecular weight is 281 g/mol. The summed E-state index contributed by atoms with van der Waals surface area (Å²) in [6.45, 7) is 2.29. The summed E-state index contributed by atoms with van der Waals surface area (Å²) < 4.78 is 4.86. The maximum atomic E-state index is 11.9. The number of hydrogen-bond acceptors (Lipinski definition) is 4. The molecule has 0 unspecified atom stereocenters. The van der Waals surface area contributed by atoms with Gasteiger partial charge >= 0.3 is 12.0 Å². The molecule has 0 aliphatic heterocycles. The molecule has 0 atom stereocenters. The summed E-state index contributed by atoms with van der Waals surface area (Å²) in [5.74, 6) is -1.06. The number of nitrogens with one attached hydrogen (secondary N) is 1. The molecule has 0 saturated heterocycles. The molecule has 7 heteroatoms. The number of aliphatic carboxylic acids is 1. The molecule has 0 bridgehead atoms. The number of carboxylic acids is 1. The molecule has 1 rings (SSSR count). The second-order valence-electron chi connectivity index (χ2n) is 4.23. The highest BCUT2D eigenvalue weighted by Crippen LogP contribution is 2.02.